The number of anilines is 3. The second kappa shape index (κ2) is 14.8. The van der Waals surface area contributed by atoms with E-state index < -0.39 is 5.41 Å². The fourth-order valence-electron chi connectivity index (χ4n) is 12.2. The van der Waals surface area contributed by atoms with E-state index in [-0.39, 0.29) is 11.5 Å². The molecule has 1 heterocycles. The third-order valence-electron chi connectivity index (χ3n) is 15.0. The number of allylic oxidation sites excluding steroid dienone is 4. The normalized spacial score (nSPS) is 15.9. The largest absolute Gasteiger partial charge is 0.333 e. The summed E-state index contributed by atoms with van der Waals surface area (Å²) < 4.78 is 2.57. The van der Waals surface area contributed by atoms with E-state index in [1.807, 2.05) is 0 Å². The van der Waals surface area contributed by atoms with Crippen LogP contribution in [0.25, 0.3) is 55.2 Å². The Morgan fingerprint density at radius 1 is 0.439 bits per heavy atom. The van der Waals surface area contributed by atoms with E-state index in [9.17, 15) is 0 Å². The Labute approximate surface area is 387 Å². The topological polar surface area (TPSA) is 8.17 Å². The molecule has 0 aliphatic heterocycles. The fraction of sp³-hybridized carbons (Fsp3) is 0.0938. The molecule has 314 valence electrons. The molecular weight excluding hydrogens is 797 g/mol. The van der Waals surface area contributed by atoms with Gasteiger partial charge in [-0.15, -0.1) is 0 Å². The van der Waals surface area contributed by atoms with Gasteiger partial charge in [0.2, 0.25) is 0 Å². The molecule has 1 aromatic heterocycles. The van der Waals surface area contributed by atoms with Crippen molar-refractivity contribution in [2.24, 2.45) is 0 Å². The zero-order chi connectivity index (χ0) is 44.0. The van der Waals surface area contributed by atoms with Crippen LogP contribution in [0.1, 0.15) is 59.7 Å². The number of benzene rings is 9. The van der Waals surface area contributed by atoms with Gasteiger partial charge < -0.3 is 9.47 Å². The molecule has 0 bridgehead atoms. The van der Waals surface area contributed by atoms with Crippen LogP contribution in [-0.2, 0) is 10.8 Å². The van der Waals surface area contributed by atoms with Crippen molar-refractivity contribution in [3.05, 3.63) is 270 Å². The lowest BCUT2D eigenvalue weighted by atomic mass is 9.67. The van der Waals surface area contributed by atoms with E-state index in [0.717, 1.165) is 23.5 Å². The van der Waals surface area contributed by atoms with Crippen molar-refractivity contribution in [2.75, 3.05) is 4.90 Å². The Morgan fingerprint density at radius 2 is 1.00 bits per heavy atom. The lowest BCUT2D eigenvalue weighted by Crippen LogP contribution is -2.28. The molecule has 0 saturated heterocycles. The zero-order valence-corrected chi connectivity index (χ0v) is 37.2. The van der Waals surface area contributed by atoms with E-state index in [1.54, 1.807) is 0 Å². The number of nitrogens with zero attached hydrogens (tertiary/aromatic N) is 2. The minimum absolute atomic E-state index is 0.188. The monoisotopic (exact) mass is 844 g/mol. The Kier molecular flexibility index (Phi) is 8.64. The summed E-state index contributed by atoms with van der Waals surface area (Å²) in [5, 5.41) is 2.55. The second-order valence-corrected chi connectivity index (χ2v) is 18.7. The molecule has 0 N–H and O–H groups in total. The first-order valence-corrected chi connectivity index (χ1v) is 23.4. The van der Waals surface area contributed by atoms with Crippen LogP contribution in [0.3, 0.4) is 0 Å². The highest BCUT2D eigenvalue weighted by molar-refractivity contribution is 6.10. The van der Waals surface area contributed by atoms with Gasteiger partial charge in [0, 0.05) is 38.6 Å². The molecule has 0 radical (unpaired) electrons. The predicted octanol–water partition coefficient (Wildman–Crippen LogP) is 16.7. The van der Waals surface area contributed by atoms with E-state index in [1.165, 1.54) is 88.6 Å². The van der Waals surface area contributed by atoms with Crippen molar-refractivity contribution in [1.29, 1.82) is 0 Å². The third kappa shape index (κ3) is 5.48. The fourth-order valence-corrected chi connectivity index (χ4v) is 12.2. The van der Waals surface area contributed by atoms with Crippen molar-refractivity contribution < 1.29 is 0 Å². The number of para-hydroxylation sites is 2. The molecule has 1 unspecified atom stereocenters. The lowest BCUT2D eigenvalue weighted by Gasteiger charge is -2.35. The summed E-state index contributed by atoms with van der Waals surface area (Å²) >= 11 is 0. The van der Waals surface area contributed by atoms with Crippen LogP contribution in [0, 0.1) is 0 Å². The van der Waals surface area contributed by atoms with Crippen LogP contribution in [0.4, 0.5) is 17.1 Å². The van der Waals surface area contributed by atoms with Crippen molar-refractivity contribution in [3.8, 4) is 33.4 Å². The summed E-state index contributed by atoms with van der Waals surface area (Å²) in [5.74, 6) is 0. The molecule has 0 saturated carbocycles. The van der Waals surface area contributed by atoms with Crippen LogP contribution in [0.15, 0.2) is 237 Å². The standard InChI is InChI=1S/C64H48N2/c1-63(2)56-33-16-12-28-49(56)54-31-20-32-55(62(54)63)52-30-15-18-35-59(52)65(47-38-40-53-51-29-14-19-36-60(51)66(61(53)42-47)45-25-10-5-11-26-45)46-37-39-50-48-27-13-17-34-57(48)64(58(50)41-46,43-21-6-3-7-22-43)44-23-8-4-9-24-44/h3-25,27-42,45H,26H2,1-2H3. The van der Waals surface area contributed by atoms with Gasteiger partial charge in [0.05, 0.1) is 22.7 Å². The number of hydrogen-bond donors (Lipinski definition) is 0. The van der Waals surface area contributed by atoms with Crippen molar-refractivity contribution in [3.63, 3.8) is 0 Å². The van der Waals surface area contributed by atoms with Gasteiger partial charge in [0.25, 0.3) is 0 Å². The van der Waals surface area contributed by atoms with Crippen molar-refractivity contribution in [2.45, 2.75) is 37.1 Å². The van der Waals surface area contributed by atoms with Crippen LogP contribution >= 0.6 is 0 Å². The maximum Gasteiger partial charge on any atom is 0.0714 e. The molecule has 13 rings (SSSR count). The van der Waals surface area contributed by atoms with Crippen molar-refractivity contribution in [1.82, 2.24) is 4.57 Å². The summed E-state index contributed by atoms with van der Waals surface area (Å²) in [7, 11) is 0. The van der Waals surface area contributed by atoms with Crippen molar-refractivity contribution >= 4 is 38.9 Å². The van der Waals surface area contributed by atoms with E-state index >= 15 is 0 Å². The molecule has 1 atom stereocenters. The molecular formula is C64H48N2. The summed E-state index contributed by atoms with van der Waals surface area (Å²) in [6.45, 7) is 4.79. The van der Waals surface area contributed by atoms with E-state index in [4.69, 9.17) is 0 Å². The van der Waals surface area contributed by atoms with Crippen LogP contribution in [-0.4, -0.2) is 4.57 Å². The van der Waals surface area contributed by atoms with Gasteiger partial charge in [-0.2, -0.15) is 0 Å². The highest BCUT2D eigenvalue weighted by atomic mass is 15.1. The molecule has 0 fully saturated rings. The van der Waals surface area contributed by atoms with Gasteiger partial charge in [-0.05, 0) is 104 Å². The number of hydrogen-bond acceptors (Lipinski definition) is 1. The highest BCUT2D eigenvalue weighted by Crippen LogP contribution is 2.58. The first-order chi connectivity index (χ1) is 32.5. The summed E-state index contributed by atoms with van der Waals surface area (Å²) in [6, 6.07) is 79.9. The average Bonchev–Trinajstić information content (AvgIpc) is 3.96. The average molecular weight is 845 g/mol. The number of rotatable bonds is 7. The Hall–Kier alpha value is -7.94. The molecule has 66 heavy (non-hydrogen) atoms. The first kappa shape index (κ1) is 38.5. The maximum atomic E-state index is 2.57. The van der Waals surface area contributed by atoms with Gasteiger partial charge in [0.15, 0.2) is 0 Å². The summed E-state index contributed by atoms with van der Waals surface area (Å²) in [4.78, 5) is 2.55. The Balaban J connectivity index is 1.11. The van der Waals surface area contributed by atoms with Gasteiger partial charge in [-0.3, -0.25) is 0 Å². The quantitative estimate of drug-likeness (QED) is 0.155. The maximum absolute atomic E-state index is 2.57. The Bertz CT molecular complexity index is 3560. The SMILES string of the molecule is CC1(C)c2ccccc2-c2cccc(-c3ccccc3N(c3ccc4c(c3)C(c3ccccc3)(c3ccccc3)c3ccccc3-4)c3ccc4c5ccccc5n(C5C=CC=CC5)c4c3)c21. The van der Waals surface area contributed by atoms with E-state index in [0.29, 0.717) is 0 Å². The number of fused-ring (bicyclic) bond motifs is 9. The van der Waals surface area contributed by atoms with Crippen LogP contribution in [0.2, 0.25) is 0 Å². The van der Waals surface area contributed by atoms with Gasteiger partial charge in [-0.25, -0.2) is 0 Å². The summed E-state index contributed by atoms with van der Waals surface area (Å²) in [5.41, 5.74) is 20.7. The molecule has 10 aromatic rings. The minimum atomic E-state index is -0.539. The molecule has 3 aliphatic rings. The zero-order valence-electron chi connectivity index (χ0n) is 37.2. The molecule has 0 amide bonds. The highest BCUT2D eigenvalue weighted by Gasteiger charge is 2.46. The molecule has 0 spiro atoms. The lowest BCUT2D eigenvalue weighted by molar-refractivity contribution is 0.648. The predicted molar refractivity (Wildman–Crippen MR) is 276 cm³/mol. The van der Waals surface area contributed by atoms with Gasteiger partial charge in [-0.1, -0.05) is 214 Å². The summed E-state index contributed by atoms with van der Waals surface area (Å²) in [6.07, 6.45) is 9.97. The Morgan fingerprint density at radius 3 is 1.74 bits per heavy atom. The molecule has 2 nitrogen and oxygen atoms in total. The van der Waals surface area contributed by atoms with E-state index in [2.05, 4.69) is 260 Å². The van der Waals surface area contributed by atoms with Gasteiger partial charge >= 0.3 is 0 Å². The second-order valence-electron chi connectivity index (χ2n) is 18.7. The third-order valence-corrected chi connectivity index (χ3v) is 15.0. The first-order valence-electron chi connectivity index (χ1n) is 23.4. The number of aromatic nitrogens is 1. The molecule has 2 heteroatoms. The smallest absolute Gasteiger partial charge is 0.0714 e. The van der Waals surface area contributed by atoms with Gasteiger partial charge in [0.1, 0.15) is 0 Å². The van der Waals surface area contributed by atoms with Crippen LogP contribution in [0.5, 0.6) is 0 Å². The molecule has 9 aromatic carbocycles. The molecule has 3 aliphatic carbocycles. The minimum Gasteiger partial charge on any atom is -0.333 e. The van der Waals surface area contributed by atoms with Crippen LogP contribution < -0.4 is 4.90 Å².